The van der Waals surface area contributed by atoms with Gasteiger partial charge in [0, 0.05) is 30.3 Å². The minimum absolute atomic E-state index is 0.132. The topological polar surface area (TPSA) is 112 Å². The van der Waals surface area contributed by atoms with Gasteiger partial charge in [0.05, 0.1) is 16.3 Å². The summed E-state index contributed by atoms with van der Waals surface area (Å²) in [6.45, 7) is 0.614. The average Bonchev–Trinajstić information content (AvgIpc) is 3.09. The molecular formula is C21H17N4O3S+. The highest BCUT2D eigenvalue weighted by molar-refractivity contribution is 7.21. The van der Waals surface area contributed by atoms with Gasteiger partial charge in [0.2, 0.25) is 5.78 Å². The van der Waals surface area contributed by atoms with E-state index in [0.29, 0.717) is 17.1 Å². The molecule has 29 heavy (non-hydrogen) atoms. The first-order chi connectivity index (χ1) is 14.0. The second-order valence-corrected chi connectivity index (χ2v) is 7.44. The van der Waals surface area contributed by atoms with Gasteiger partial charge in [-0.25, -0.2) is 4.98 Å². The van der Waals surface area contributed by atoms with Crippen molar-refractivity contribution in [3.63, 3.8) is 0 Å². The summed E-state index contributed by atoms with van der Waals surface area (Å²) in [5, 5.41) is 15.1. The van der Waals surface area contributed by atoms with Crippen molar-refractivity contribution in [2.75, 3.05) is 11.1 Å². The van der Waals surface area contributed by atoms with Crippen LogP contribution < -0.4 is 16.0 Å². The van der Waals surface area contributed by atoms with Crippen molar-refractivity contribution in [1.29, 1.82) is 0 Å². The van der Waals surface area contributed by atoms with E-state index < -0.39 is 4.92 Å². The van der Waals surface area contributed by atoms with E-state index in [2.05, 4.69) is 10.3 Å². The van der Waals surface area contributed by atoms with E-state index in [1.54, 1.807) is 12.3 Å². The third-order valence-electron chi connectivity index (χ3n) is 4.53. The highest BCUT2D eigenvalue weighted by atomic mass is 32.1. The number of hydrogen-bond acceptors (Lipinski definition) is 6. The molecule has 0 aliphatic carbocycles. The van der Waals surface area contributed by atoms with Gasteiger partial charge in [0.25, 0.3) is 10.5 Å². The maximum absolute atomic E-state index is 13.0. The summed E-state index contributed by atoms with van der Waals surface area (Å²) < 4.78 is 0. The summed E-state index contributed by atoms with van der Waals surface area (Å²) in [5.41, 5.74) is 8.73. The number of nitro groups is 1. The molecule has 0 bridgehead atoms. The zero-order chi connectivity index (χ0) is 20.4. The number of ketones is 1. The molecule has 4 aromatic rings. The Hall–Kier alpha value is -3.78. The minimum atomic E-state index is -0.523. The van der Waals surface area contributed by atoms with Crippen LogP contribution in [0.25, 0.3) is 10.2 Å². The highest BCUT2D eigenvalue weighted by Crippen LogP contribution is 2.37. The fourth-order valence-corrected chi connectivity index (χ4v) is 4.17. The van der Waals surface area contributed by atoms with E-state index in [-0.39, 0.29) is 17.0 Å². The number of nitrogens with one attached hydrogen (secondary N) is 2. The van der Waals surface area contributed by atoms with Crippen molar-refractivity contribution >= 4 is 44.4 Å². The van der Waals surface area contributed by atoms with Crippen LogP contribution in [-0.4, -0.2) is 10.7 Å². The summed E-state index contributed by atoms with van der Waals surface area (Å²) in [6, 6.07) is 17.5. The Labute approximate surface area is 170 Å². The van der Waals surface area contributed by atoms with Gasteiger partial charge in [0.1, 0.15) is 10.3 Å². The minimum Gasteiger partial charge on any atom is -0.397 e. The molecule has 2 heterocycles. The van der Waals surface area contributed by atoms with Gasteiger partial charge in [0.15, 0.2) is 6.20 Å². The number of carbonyl (C=O) groups excluding carboxylic acids is 1. The third kappa shape index (κ3) is 3.65. The largest absolute Gasteiger partial charge is 0.397 e. The van der Waals surface area contributed by atoms with E-state index in [1.165, 1.54) is 29.5 Å². The summed E-state index contributed by atoms with van der Waals surface area (Å²) >= 11 is 1.24. The van der Waals surface area contributed by atoms with Crippen molar-refractivity contribution in [3.8, 4) is 0 Å². The number of rotatable bonds is 6. The van der Waals surface area contributed by atoms with Crippen LogP contribution in [0.4, 0.5) is 17.1 Å². The Morgan fingerprint density at radius 3 is 2.69 bits per heavy atom. The van der Waals surface area contributed by atoms with Gasteiger partial charge >= 0.3 is 0 Å². The molecule has 0 amide bonds. The number of H-pyrrole nitrogens is 1. The molecule has 0 saturated carbocycles. The second-order valence-electron chi connectivity index (χ2n) is 6.42. The SMILES string of the molecule is Nc1c(C(=O)c2cccc([N+](=O)[O-])c2)sc2[nH+]ccc(NCc3ccccc3)c12. The van der Waals surface area contributed by atoms with Gasteiger partial charge in [-0.2, -0.15) is 0 Å². The standard InChI is InChI=1S/C21H16N4O3S/c22-18-17-16(24-12-13-5-2-1-3-6-13)9-10-23-21(17)29-20(18)19(26)14-7-4-8-15(11-14)25(27)28/h1-11H,12,22H2,(H,23,24)/p+1. The predicted octanol–water partition coefficient (Wildman–Crippen LogP) is 4.05. The maximum atomic E-state index is 13.0. The monoisotopic (exact) mass is 405 g/mol. The van der Waals surface area contributed by atoms with Gasteiger partial charge < -0.3 is 11.1 Å². The molecule has 4 N–H and O–H groups in total. The van der Waals surface area contributed by atoms with Gasteiger partial charge in [-0.05, 0) is 5.56 Å². The Morgan fingerprint density at radius 2 is 1.93 bits per heavy atom. The Kier molecular flexibility index (Phi) is 4.92. The lowest BCUT2D eigenvalue weighted by Crippen LogP contribution is -2.06. The summed E-state index contributed by atoms with van der Waals surface area (Å²) in [5.74, 6) is -0.338. The Bertz CT molecular complexity index is 1220. The number of thiophene rings is 1. The summed E-state index contributed by atoms with van der Waals surface area (Å²) in [7, 11) is 0. The fourth-order valence-electron chi connectivity index (χ4n) is 3.10. The number of pyridine rings is 1. The molecule has 4 rings (SSSR count). The molecule has 8 heteroatoms. The zero-order valence-electron chi connectivity index (χ0n) is 15.2. The molecule has 0 fully saturated rings. The van der Waals surface area contributed by atoms with Crippen LogP contribution in [0.2, 0.25) is 0 Å². The first-order valence-electron chi connectivity index (χ1n) is 8.84. The van der Waals surface area contributed by atoms with Crippen molar-refractivity contribution in [2.45, 2.75) is 6.54 Å². The van der Waals surface area contributed by atoms with Crippen molar-refractivity contribution < 1.29 is 14.7 Å². The molecular weight excluding hydrogens is 388 g/mol. The molecule has 0 atom stereocenters. The lowest BCUT2D eigenvalue weighted by molar-refractivity contribution is -0.384. The van der Waals surface area contributed by atoms with Crippen LogP contribution in [0.1, 0.15) is 20.8 Å². The molecule has 144 valence electrons. The first-order valence-corrected chi connectivity index (χ1v) is 9.66. The number of non-ortho nitro benzene ring substituents is 1. The molecule has 0 unspecified atom stereocenters. The number of fused-ring (bicyclic) bond motifs is 1. The van der Waals surface area contributed by atoms with Crippen LogP contribution in [0.5, 0.6) is 0 Å². The number of aromatic amines is 1. The van der Waals surface area contributed by atoms with Gasteiger partial charge in [-0.3, -0.25) is 14.9 Å². The van der Waals surface area contributed by atoms with Crippen LogP contribution in [0, 0.1) is 10.1 Å². The number of nitrogen functional groups attached to an aromatic ring is 1. The molecule has 0 aliphatic rings. The van der Waals surface area contributed by atoms with E-state index in [0.717, 1.165) is 21.5 Å². The molecule has 0 spiro atoms. The van der Waals surface area contributed by atoms with Crippen molar-refractivity contribution in [2.24, 2.45) is 0 Å². The van der Waals surface area contributed by atoms with Crippen LogP contribution in [-0.2, 0) is 6.54 Å². The number of nitro benzene ring substituents is 1. The van der Waals surface area contributed by atoms with Crippen LogP contribution >= 0.6 is 11.3 Å². The number of aromatic nitrogens is 1. The number of hydrogen-bond donors (Lipinski definition) is 2. The first kappa shape index (κ1) is 18.6. The molecule has 2 aromatic heterocycles. The quantitative estimate of drug-likeness (QED) is 0.285. The van der Waals surface area contributed by atoms with E-state index in [4.69, 9.17) is 5.73 Å². The number of nitrogens with two attached hydrogens (primary N) is 1. The van der Waals surface area contributed by atoms with Crippen molar-refractivity contribution in [3.05, 3.63) is 93.0 Å². The molecule has 0 saturated heterocycles. The third-order valence-corrected chi connectivity index (χ3v) is 5.67. The van der Waals surface area contributed by atoms with E-state index >= 15 is 0 Å². The maximum Gasteiger partial charge on any atom is 0.272 e. The average molecular weight is 405 g/mol. The predicted molar refractivity (Wildman–Crippen MR) is 113 cm³/mol. The van der Waals surface area contributed by atoms with Gasteiger partial charge in [-0.1, -0.05) is 53.8 Å². The number of benzene rings is 2. The normalized spacial score (nSPS) is 10.8. The Balaban J connectivity index is 1.70. The fraction of sp³-hybridized carbons (Fsp3) is 0.0476. The summed E-state index contributed by atoms with van der Waals surface area (Å²) in [6.07, 6.45) is 1.78. The zero-order valence-corrected chi connectivity index (χ0v) is 16.0. The second kappa shape index (κ2) is 7.69. The smallest absolute Gasteiger partial charge is 0.272 e. The van der Waals surface area contributed by atoms with Crippen LogP contribution in [0.15, 0.2) is 66.9 Å². The van der Waals surface area contributed by atoms with Crippen LogP contribution in [0.3, 0.4) is 0 Å². The van der Waals surface area contributed by atoms with Crippen molar-refractivity contribution in [1.82, 2.24) is 0 Å². The highest BCUT2D eigenvalue weighted by Gasteiger charge is 2.24. The number of nitrogens with zero attached hydrogens (tertiary/aromatic N) is 1. The molecule has 2 aromatic carbocycles. The lowest BCUT2D eigenvalue weighted by atomic mass is 10.1. The van der Waals surface area contributed by atoms with E-state index in [1.807, 2.05) is 36.4 Å². The molecule has 0 aliphatic heterocycles. The number of carbonyl (C=O) groups is 1. The molecule has 0 radical (unpaired) electrons. The summed E-state index contributed by atoms with van der Waals surface area (Å²) in [4.78, 5) is 27.7. The lowest BCUT2D eigenvalue weighted by Gasteiger charge is -2.07. The van der Waals surface area contributed by atoms with E-state index in [9.17, 15) is 14.9 Å². The number of anilines is 2. The van der Waals surface area contributed by atoms with Gasteiger partial charge in [-0.15, -0.1) is 0 Å². The Morgan fingerprint density at radius 1 is 1.14 bits per heavy atom. The molecule has 7 nitrogen and oxygen atoms in total.